The van der Waals surface area contributed by atoms with E-state index in [0.29, 0.717) is 5.02 Å². The van der Waals surface area contributed by atoms with Crippen LogP contribution in [0.4, 0.5) is 0 Å². The van der Waals surface area contributed by atoms with E-state index in [1.807, 2.05) is 0 Å². The molecule has 0 radical (unpaired) electrons. The molecule has 7 heteroatoms. The average molecular weight is 292 g/mol. The Morgan fingerprint density at radius 1 is 1.44 bits per heavy atom. The zero-order valence-electron chi connectivity index (χ0n) is 9.44. The number of ether oxygens (including phenoxy) is 1. The summed E-state index contributed by atoms with van der Waals surface area (Å²) >= 11 is 11.6. The van der Waals surface area contributed by atoms with E-state index in [-0.39, 0.29) is 17.1 Å². The van der Waals surface area contributed by atoms with E-state index in [9.17, 15) is 9.59 Å². The molecule has 0 aliphatic rings. The minimum absolute atomic E-state index is 0.159. The Balaban J connectivity index is 2.71. The van der Waals surface area contributed by atoms with Gasteiger partial charge in [0.1, 0.15) is 0 Å². The van der Waals surface area contributed by atoms with Gasteiger partial charge in [0.2, 0.25) is 0 Å². The van der Waals surface area contributed by atoms with Crippen LogP contribution in [0, 0.1) is 0 Å². The van der Waals surface area contributed by atoms with Crippen molar-refractivity contribution >= 4 is 35.1 Å². The van der Waals surface area contributed by atoms with E-state index in [2.05, 4.69) is 10.1 Å². The molecule has 1 rings (SSSR count). The van der Waals surface area contributed by atoms with Gasteiger partial charge in [0.15, 0.2) is 6.10 Å². The molecule has 1 unspecified atom stereocenters. The fraction of sp³-hybridized carbons (Fsp3) is 0.273. The van der Waals surface area contributed by atoms with Gasteiger partial charge in [-0.25, -0.2) is 4.79 Å². The van der Waals surface area contributed by atoms with Crippen molar-refractivity contribution in [2.45, 2.75) is 6.10 Å². The molecule has 0 saturated heterocycles. The van der Waals surface area contributed by atoms with E-state index < -0.39 is 18.0 Å². The third-order valence-electron chi connectivity index (χ3n) is 2.18. The molecule has 1 aromatic carbocycles. The third kappa shape index (κ3) is 3.87. The second-order valence-electron chi connectivity index (χ2n) is 3.40. The fourth-order valence-electron chi connectivity index (χ4n) is 1.22. The van der Waals surface area contributed by atoms with Crippen molar-refractivity contribution in [2.24, 2.45) is 0 Å². The topological polar surface area (TPSA) is 75.6 Å². The Morgan fingerprint density at radius 2 is 2.11 bits per heavy atom. The van der Waals surface area contributed by atoms with Crippen LogP contribution in [0.2, 0.25) is 10.0 Å². The number of carboxylic acid groups (broad SMARTS) is 1. The van der Waals surface area contributed by atoms with Crippen LogP contribution in [-0.4, -0.2) is 36.7 Å². The van der Waals surface area contributed by atoms with Crippen LogP contribution in [-0.2, 0) is 9.53 Å². The molecule has 0 fully saturated rings. The number of carbonyl (C=O) groups is 2. The number of benzene rings is 1. The van der Waals surface area contributed by atoms with E-state index in [0.717, 1.165) is 0 Å². The van der Waals surface area contributed by atoms with Crippen LogP contribution in [0.15, 0.2) is 18.2 Å². The quantitative estimate of drug-likeness (QED) is 0.868. The number of methoxy groups -OCH3 is 1. The normalized spacial score (nSPS) is 11.9. The van der Waals surface area contributed by atoms with Crippen molar-refractivity contribution in [2.75, 3.05) is 13.7 Å². The molecule has 5 nitrogen and oxygen atoms in total. The lowest BCUT2D eigenvalue weighted by Gasteiger charge is -2.12. The first-order valence-corrected chi connectivity index (χ1v) is 5.70. The van der Waals surface area contributed by atoms with Gasteiger partial charge >= 0.3 is 5.97 Å². The highest BCUT2D eigenvalue weighted by atomic mass is 35.5. The van der Waals surface area contributed by atoms with Crippen LogP contribution >= 0.6 is 23.2 Å². The molecule has 0 saturated carbocycles. The Kier molecular flexibility index (Phi) is 5.40. The van der Waals surface area contributed by atoms with Gasteiger partial charge in [0.25, 0.3) is 5.91 Å². The summed E-state index contributed by atoms with van der Waals surface area (Å²) in [5.74, 6) is -1.67. The van der Waals surface area contributed by atoms with Gasteiger partial charge in [0, 0.05) is 12.1 Å². The summed E-state index contributed by atoms with van der Waals surface area (Å²) in [7, 11) is 1.25. The lowest BCUT2D eigenvalue weighted by Crippen LogP contribution is -2.37. The maximum absolute atomic E-state index is 11.8. The lowest BCUT2D eigenvalue weighted by atomic mass is 10.2. The van der Waals surface area contributed by atoms with Crippen molar-refractivity contribution in [1.82, 2.24) is 5.32 Å². The Labute approximate surface area is 114 Å². The predicted molar refractivity (Wildman–Crippen MR) is 67.2 cm³/mol. The zero-order chi connectivity index (χ0) is 13.7. The van der Waals surface area contributed by atoms with E-state index in [4.69, 9.17) is 28.3 Å². The SMILES string of the molecule is COC(CNC(=O)c1cc(Cl)ccc1Cl)C(=O)O. The van der Waals surface area contributed by atoms with Gasteiger partial charge in [-0.1, -0.05) is 23.2 Å². The van der Waals surface area contributed by atoms with Gasteiger partial charge in [-0.2, -0.15) is 0 Å². The Hall–Kier alpha value is -1.30. The van der Waals surface area contributed by atoms with Crippen molar-refractivity contribution in [3.05, 3.63) is 33.8 Å². The Morgan fingerprint density at radius 3 is 2.67 bits per heavy atom. The maximum atomic E-state index is 11.8. The van der Waals surface area contributed by atoms with E-state index >= 15 is 0 Å². The summed E-state index contributed by atoms with van der Waals surface area (Å²) in [5.41, 5.74) is 0.185. The second-order valence-corrected chi connectivity index (χ2v) is 4.24. The molecular formula is C11H11Cl2NO4. The molecule has 0 spiro atoms. The second kappa shape index (κ2) is 6.58. The molecule has 0 aliphatic carbocycles. The molecule has 0 bridgehead atoms. The first-order valence-electron chi connectivity index (χ1n) is 4.94. The van der Waals surface area contributed by atoms with Gasteiger partial charge in [0.05, 0.1) is 17.1 Å². The minimum Gasteiger partial charge on any atom is -0.479 e. The van der Waals surface area contributed by atoms with Crippen LogP contribution in [0.3, 0.4) is 0 Å². The summed E-state index contributed by atoms with van der Waals surface area (Å²) < 4.78 is 4.68. The molecule has 0 aliphatic heterocycles. The molecule has 0 aromatic heterocycles. The number of carboxylic acids is 1. The average Bonchev–Trinajstić information content (AvgIpc) is 2.32. The number of rotatable bonds is 5. The summed E-state index contributed by atoms with van der Waals surface area (Å²) in [6, 6.07) is 4.45. The monoisotopic (exact) mass is 291 g/mol. The first-order chi connectivity index (χ1) is 8.45. The van der Waals surface area contributed by atoms with Crippen LogP contribution in [0.1, 0.15) is 10.4 Å². The van der Waals surface area contributed by atoms with E-state index in [1.165, 1.54) is 19.2 Å². The molecule has 1 aromatic rings. The Bertz CT molecular complexity index is 464. The first kappa shape index (κ1) is 14.8. The van der Waals surface area contributed by atoms with Crippen molar-refractivity contribution in [1.29, 1.82) is 0 Å². The van der Waals surface area contributed by atoms with Crippen molar-refractivity contribution in [3.8, 4) is 0 Å². The van der Waals surface area contributed by atoms with Gasteiger partial charge in [-0.3, -0.25) is 4.79 Å². The molecule has 18 heavy (non-hydrogen) atoms. The molecule has 1 amide bonds. The minimum atomic E-state index is -1.16. The molecule has 98 valence electrons. The number of halogens is 2. The number of hydrogen-bond acceptors (Lipinski definition) is 3. The molecule has 0 heterocycles. The summed E-state index contributed by atoms with van der Waals surface area (Å²) in [6.07, 6.45) is -1.10. The van der Waals surface area contributed by atoms with Crippen molar-refractivity contribution in [3.63, 3.8) is 0 Å². The summed E-state index contributed by atoms with van der Waals surface area (Å²) in [6.45, 7) is -0.159. The van der Waals surface area contributed by atoms with Crippen LogP contribution < -0.4 is 5.32 Å². The highest BCUT2D eigenvalue weighted by molar-refractivity contribution is 6.35. The number of carbonyl (C=O) groups excluding carboxylic acids is 1. The van der Waals surface area contributed by atoms with Gasteiger partial charge in [-0.05, 0) is 18.2 Å². The number of hydrogen-bond donors (Lipinski definition) is 2. The lowest BCUT2D eigenvalue weighted by molar-refractivity contribution is -0.148. The largest absolute Gasteiger partial charge is 0.479 e. The zero-order valence-corrected chi connectivity index (χ0v) is 11.0. The summed E-state index contributed by atoms with van der Waals surface area (Å²) in [5, 5.41) is 11.7. The van der Waals surface area contributed by atoms with Gasteiger partial charge < -0.3 is 15.2 Å². The van der Waals surface area contributed by atoms with Gasteiger partial charge in [-0.15, -0.1) is 0 Å². The van der Waals surface area contributed by atoms with Crippen LogP contribution in [0.25, 0.3) is 0 Å². The molecule has 1 atom stereocenters. The fourth-order valence-corrected chi connectivity index (χ4v) is 1.60. The van der Waals surface area contributed by atoms with E-state index in [1.54, 1.807) is 6.07 Å². The molecular weight excluding hydrogens is 281 g/mol. The van der Waals surface area contributed by atoms with Crippen molar-refractivity contribution < 1.29 is 19.4 Å². The predicted octanol–water partition coefficient (Wildman–Crippen LogP) is 1.82. The molecule has 2 N–H and O–H groups in total. The highest BCUT2D eigenvalue weighted by Gasteiger charge is 2.18. The third-order valence-corrected chi connectivity index (χ3v) is 2.75. The number of nitrogens with one attached hydrogen (secondary N) is 1. The maximum Gasteiger partial charge on any atom is 0.334 e. The number of amides is 1. The standard InChI is InChI=1S/C11H11Cl2NO4/c1-18-9(11(16)17)5-14-10(15)7-4-6(12)2-3-8(7)13/h2-4,9H,5H2,1H3,(H,14,15)(H,16,17). The van der Waals surface area contributed by atoms with Crippen LogP contribution in [0.5, 0.6) is 0 Å². The number of aliphatic carboxylic acids is 1. The smallest absolute Gasteiger partial charge is 0.334 e. The summed E-state index contributed by atoms with van der Waals surface area (Å²) in [4.78, 5) is 22.4. The highest BCUT2D eigenvalue weighted by Crippen LogP contribution is 2.20.